The Morgan fingerprint density at radius 1 is 1.50 bits per heavy atom. The van der Waals surface area contributed by atoms with Crippen molar-refractivity contribution in [3.05, 3.63) is 29.6 Å². The van der Waals surface area contributed by atoms with Crippen molar-refractivity contribution in [2.45, 2.75) is 31.7 Å². The number of carbonyl (C=O) groups is 1. The van der Waals surface area contributed by atoms with Crippen LogP contribution in [0.25, 0.3) is 0 Å². The zero-order chi connectivity index (χ0) is 12.8. The van der Waals surface area contributed by atoms with Crippen molar-refractivity contribution >= 4 is 5.91 Å². The summed E-state index contributed by atoms with van der Waals surface area (Å²) in [5, 5.41) is 3.05. The van der Waals surface area contributed by atoms with E-state index in [1.165, 1.54) is 12.8 Å². The lowest BCUT2D eigenvalue weighted by atomic mass is 10.1. The van der Waals surface area contributed by atoms with E-state index in [4.69, 9.17) is 5.73 Å². The van der Waals surface area contributed by atoms with E-state index in [0.29, 0.717) is 17.2 Å². The third kappa shape index (κ3) is 3.08. The van der Waals surface area contributed by atoms with Gasteiger partial charge in [-0.1, -0.05) is 24.7 Å². The predicted molar refractivity (Wildman–Crippen MR) is 69.9 cm³/mol. The van der Waals surface area contributed by atoms with Crippen LogP contribution in [0.15, 0.2) is 18.5 Å². The molecule has 4 heteroatoms. The van der Waals surface area contributed by atoms with Gasteiger partial charge >= 0.3 is 0 Å². The Hall–Kier alpha value is -1.86. The molecule has 0 aliphatic heterocycles. The highest BCUT2D eigenvalue weighted by atomic mass is 16.1. The second-order valence-electron chi connectivity index (χ2n) is 4.38. The fourth-order valence-corrected chi connectivity index (χ4v) is 2.17. The van der Waals surface area contributed by atoms with Crippen molar-refractivity contribution in [3.8, 4) is 11.8 Å². The maximum atomic E-state index is 12.1. The first-order valence-corrected chi connectivity index (χ1v) is 6.25. The summed E-state index contributed by atoms with van der Waals surface area (Å²) in [4.78, 5) is 16.1. The minimum absolute atomic E-state index is 0.0642. The predicted octanol–water partition coefficient (Wildman–Crippen LogP) is 1.06. The summed E-state index contributed by atoms with van der Waals surface area (Å²) in [6.07, 6.45) is 7.74. The largest absolute Gasteiger partial charge is 0.349 e. The summed E-state index contributed by atoms with van der Waals surface area (Å²) in [7, 11) is 0. The Kier molecular flexibility index (Phi) is 4.32. The summed E-state index contributed by atoms with van der Waals surface area (Å²) in [6.45, 7) is 0.276. The van der Waals surface area contributed by atoms with Crippen molar-refractivity contribution in [3.63, 3.8) is 0 Å². The van der Waals surface area contributed by atoms with Gasteiger partial charge in [0.25, 0.3) is 5.91 Å². The standard InChI is InChI=1S/C14H17N3O/c15-8-3-4-11-10-16-9-7-13(11)14(18)17-12-5-1-2-6-12/h7,9-10,12H,1-2,5-6,8,15H2,(H,17,18). The lowest BCUT2D eigenvalue weighted by Gasteiger charge is -2.12. The van der Waals surface area contributed by atoms with Crippen molar-refractivity contribution in [1.82, 2.24) is 10.3 Å². The van der Waals surface area contributed by atoms with Crippen LogP contribution in [0.3, 0.4) is 0 Å². The van der Waals surface area contributed by atoms with E-state index in [1.54, 1.807) is 18.5 Å². The van der Waals surface area contributed by atoms with Crippen LogP contribution in [0.5, 0.6) is 0 Å². The van der Waals surface area contributed by atoms with Gasteiger partial charge in [0.15, 0.2) is 0 Å². The molecule has 1 fully saturated rings. The summed E-state index contributed by atoms with van der Waals surface area (Å²) in [5.41, 5.74) is 6.56. The molecule has 1 aromatic heterocycles. The van der Waals surface area contributed by atoms with Gasteiger partial charge in [0.05, 0.1) is 17.7 Å². The number of nitrogens with one attached hydrogen (secondary N) is 1. The molecule has 0 radical (unpaired) electrons. The number of nitrogens with two attached hydrogens (primary N) is 1. The zero-order valence-corrected chi connectivity index (χ0v) is 10.3. The molecule has 1 amide bonds. The Morgan fingerprint density at radius 3 is 3.00 bits per heavy atom. The van der Waals surface area contributed by atoms with E-state index < -0.39 is 0 Å². The van der Waals surface area contributed by atoms with Gasteiger partial charge in [-0.15, -0.1) is 0 Å². The van der Waals surface area contributed by atoms with Gasteiger partial charge in [-0.2, -0.15) is 0 Å². The van der Waals surface area contributed by atoms with Gasteiger partial charge in [-0.25, -0.2) is 0 Å². The minimum atomic E-state index is -0.0642. The molecular weight excluding hydrogens is 226 g/mol. The number of hydrogen-bond donors (Lipinski definition) is 2. The highest BCUT2D eigenvalue weighted by Gasteiger charge is 2.19. The second kappa shape index (κ2) is 6.18. The van der Waals surface area contributed by atoms with Crippen LogP contribution in [-0.2, 0) is 0 Å². The lowest BCUT2D eigenvalue weighted by Crippen LogP contribution is -2.33. The van der Waals surface area contributed by atoms with E-state index in [0.717, 1.165) is 12.8 Å². The van der Waals surface area contributed by atoms with Crippen LogP contribution < -0.4 is 11.1 Å². The average molecular weight is 243 g/mol. The summed E-state index contributed by atoms with van der Waals surface area (Å²) >= 11 is 0. The Labute approximate surface area is 107 Å². The van der Waals surface area contributed by atoms with Crippen molar-refractivity contribution in [1.29, 1.82) is 0 Å². The fourth-order valence-electron chi connectivity index (χ4n) is 2.17. The number of pyridine rings is 1. The van der Waals surface area contributed by atoms with E-state index >= 15 is 0 Å². The first-order valence-electron chi connectivity index (χ1n) is 6.25. The molecular formula is C14H17N3O. The summed E-state index contributed by atoms with van der Waals surface area (Å²) in [6, 6.07) is 2.01. The van der Waals surface area contributed by atoms with Gasteiger partial charge in [-0.05, 0) is 18.9 Å². The van der Waals surface area contributed by atoms with Gasteiger partial charge in [0.2, 0.25) is 0 Å². The number of hydrogen-bond acceptors (Lipinski definition) is 3. The fraction of sp³-hybridized carbons (Fsp3) is 0.429. The quantitative estimate of drug-likeness (QED) is 0.763. The van der Waals surface area contributed by atoms with Crippen LogP contribution in [0.2, 0.25) is 0 Å². The van der Waals surface area contributed by atoms with Gasteiger partial charge in [0, 0.05) is 18.4 Å². The van der Waals surface area contributed by atoms with E-state index in [9.17, 15) is 4.79 Å². The van der Waals surface area contributed by atoms with Crippen LogP contribution in [0.4, 0.5) is 0 Å². The number of aromatic nitrogens is 1. The Balaban J connectivity index is 2.13. The molecule has 94 valence electrons. The molecule has 0 aromatic carbocycles. The Bertz CT molecular complexity index is 481. The topological polar surface area (TPSA) is 68.0 Å². The number of rotatable bonds is 2. The Morgan fingerprint density at radius 2 is 2.28 bits per heavy atom. The second-order valence-corrected chi connectivity index (χ2v) is 4.38. The van der Waals surface area contributed by atoms with Crippen LogP contribution in [0.1, 0.15) is 41.6 Å². The van der Waals surface area contributed by atoms with E-state index in [-0.39, 0.29) is 12.5 Å². The third-order valence-corrected chi connectivity index (χ3v) is 3.08. The van der Waals surface area contributed by atoms with Gasteiger partial charge in [0.1, 0.15) is 0 Å². The number of amides is 1. The SMILES string of the molecule is NCC#Cc1cnccc1C(=O)NC1CCCC1. The maximum Gasteiger partial charge on any atom is 0.252 e. The van der Waals surface area contributed by atoms with Crippen LogP contribution in [0, 0.1) is 11.8 Å². The normalized spacial score (nSPS) is 14.9. The molecule has 1 saturated carbocycles. The molecule has 18 heavy (non-hydrogen) atoms. The number of carbonyl (C=O) groups excluding carboxylic acids is 1. The highest BCUT2D eigenvalue weighted by Crippen LogP contribution is 2.18. The zero-order valence-electron chi connectivity index (χ0n) is 10.3. The van der Waals surface area contributed by atoms with Crippen molar-refractivity contribution in [2.75, 3.05) is 6.54 Å². The molecule has 1 aliphatic rings. The van der Waals surface area contributed by atoms with Crippen LogP contribution in [-0.4, -0.2) is 23.5 Å². The van der Waals surface area contributed by atoms with Crippen molar-refractivity contribution < 1.29 is 4.79 Å². The minimum Gasteiger partial charge on any atom is -0.349 e. The van der Waals surface area contributed by atoms with Crippen molar-refractivity contribution in [2.24, 2.45) is 5.73 Å². The molecule has 0 bridgehead atoms. The molecule has 0 atom stereocenters. The molecule has 1 aliphatic carbocycles. The van der Waals surface area contributed by atoms with Gasteiger partial charge in [-0.3, -0.25) is 9.78 Å². The summed E-state index contributed by atoms with van der Waals surface area (Å²) in [5.74, 6) is 5.57. The maximum absolute atomic E-state index is 12.1. The monoisotopic (exact) mass is 243 g/mol. The molecule has 0 unspecified atom stereocenters. The molecule has 0 spiro atoms. The molecule has 3 N–H and O–H groups in total. The molecule has 1 heterocycles. The first kappa shape index (κ1) is 12.6. The van der Waals surface area contributed by atoms with Crippen LogP contribution >= 0.6 is 0 Å². The average Bonchev–Trinajstić information content (AvgIpc) is 2.89. The molecule has 0 saturated heterocycles. The lowest BCUT2D eigenvalue weighted by molar-refractivity contribution is 0.0937. The van der Waals surface area contributed by atoms with E-state index in [1.807, 2.05) is 0 Å². The smallest absolute Gasteiger partial charge is 0.252 e. The third-order valence-electron chi connectivity index (χ3n) is 3.08. The molecule has 1 aromatic rings. The number of nitrogens with zero attached hydrogens (tertiary/aromatic N) is 1. The first-order chi connectivity index (χ1) is 8.81. The molecule has 2 rings (SSSR count). The highest BCUT2D eigenvalue weighted by molar-refractivity contribution is 5.96. The van der Waals surface area contributed by atoms with Gasteiger partial charge < -0.3 is 11.1 Å². The van der Waals surface area contributed by atoms with E-state index in [2.05, 4.69) is 22.1 Å². The molecule has 4 nitrogen and oxygen atoms in total. The summed E-state index contributed by atoms with van der Waals surface area (Å²) < 4.78 is 0.